The van der Waals surface area contributed by atoms with Crippen LogP contribution in [0.1, 0.15) is 21.5 Å². The molecule has 0 amide bonds. The van der Waals surface area contributed by atoms with E-state index in [4.69, 9.17) is 0 Å². The molecule has 0 unspecified atom stereocenters. The van der Waals surface area contributed by atoms with Gasteiger partial charge in [-0.25, -0.2) is 0 Å². The number of pyridine rings is 1. The molecule has 4 aromatic rings. The number of rotatable bonds is 5. The van der Waals surface area contributed by atoms with Gasteiger partial charge in [-0.2, -0.15) is 4.57 Å². The summed E-state index contributed by atoms with van der Waals surface area (Å²) >= 11 is 0. The van der Waals surface area contributed by atoms with Gasteiger partial charge in [0, 0.05) is 29.8 Å². The molecule has 0 N–H and O–H groups in total. The first kappa shape index (κ1) is 16.3. The van der Waals surface area contributed by atoms with Crippen molar-refractivity contribution >= 4 is 16.7 Å². The molecule has 0 saturated heterocycles. The van der Waals surface area contributed by atoms with E-state index in [2.05, 4.69) is 53.4 Å². The van der Waals surface area contributed by atoms with E-state index in [9.17, 15) is 4.79 Å². The van der Waals surface area contributed by atoms with E-state index >= 15 is 0 Å². The van der Waals surface area contributed by atoms with Gasteiger partial charge in [-0.1, -0.05) is 60.2 Å². The Labute approximate surface area is 153 Å². The number of ketones is 1. The van der Waals surface area contributed by atoms with Gasteiger partial charge in [0.25, 0.3) is 0 Å². The summed E-state index contributed by atoms with van der Waals surface area (Å²) in [6, 6.07) is 22.3. The first-order chi connectivity index (χ1) is 12.7. The maximum atomic E-state index is 12.5. The molecule has 0 aliphatic carbocycles. The summed E-state index contributed by atoms with van der Waals surface area (Å²) in [5.41, 5.74) is 4.31. The Morgan fingerprint density at radius 3 is 2.50 bits per heavy atom. The number of Topliss-reactive ketones (excluding diaryl/α,β-unsaturated/α-hetero) is 1. The molecule has 3 heteroatoms. The number of aromatic nitrogens is 2. The predicted molar refractivity (Wildman–Crippen MR) is 103 cm³/mol. The maximum absolute atomic E-state index is 12.5. The first-order valence-electron chi connectivity index (χ1n) is 8.81. The minimum absolute atomic E-state index is 0.121. The highest BCUT2D eigenvalue weighted by molar-refractivity contribution is 5.95. The molecule has 26 heavy (non-hydrogen) atoms. The zero-order valence-corrected chi connectivity index (χ0v) is 14.8. The Hall–Kier alpha value is -3.20. The Kier molecular flexibility index (Phi) is 4.36. The topological polar surface area (TPSA) is 25.9 Å². The van der Waals surface area contributed by atoms with Crippen molar-refractivity contribution in [3.63, 3.8) is 0 Å². The fourth-order valence-corrected chi connectivity index (χ4v) is 3.18. The minimum atomic E-state index is 0.121. The lowest BCUT2D eigenvalue weighted by Crippen LogP contribution is -2.37. The number of carbonyl (C=O) groups excluding carboxylic acids is 1. The third-order valence-corrected chi connectivity index (χ3v) is 4.67. The van der Waals surface area contributed by atoms with Crippen LogP contribution in [0.25, 0.3) is 10.9 Å². The Balaban J connectivity index is 1.59. The van der Waals surface area contributed by atoms with Crippen LogP contribution in [0, 0.1) is 6.92 Å². The van der Waals surface area contributed by atoms with Crippen molar-refractivity contribution in [3.05, 3.63) is 102 Å². The molecule has 3 nitrogen and oxygen atoms in total. The minimum Gasteiger partial charge on any atom is -0.338 e. The van der Waals surface area contributed by atoms with Crippen LogP contribution < -0.4 is 4.57 Å². The third kappa shape index (κ3) is 3.42. The average molecular weight is 341 g/mol. The van der Waals surface area contributed by atoms with E-state index in [-0.39, 0.29) is 5.78 Å². The van der Waals surface area contributed by atoms with Crippen molar-refractivity contribution in [1.29, 1.82) is 0 Å². The summed E-state index contributed by atoms with van der Waals surface area (Å²) in [7, 11) is 0. The smallest absolute Gasteiger partial charge is 0.227 e. The lowest BCUT2D eigenvalue weighted by Gasteiger charge is -2.05. The van der Waals surface area contributed by atoms with Gasteiger partial charge in [0.05, 0.1) is 0 Å². The highest BCUT2D eigenvalue weighted by Gasteiger charge is 2.14. The Morgan fingerprint density at radius 1 is 0.962 bits per heavy atom. The molecule has 2 aromatic heterocycles. The molecule has 4 rings (SSSR count). The van der Waals surface area contributed by atoms with E-state index in [1.54, 1.807) is 0 Å². The largest absolute Gasteiger partial charge is 0.338 e. The number of aryl methyl sites for hydroxylation is 1. The molecule has 0 atom stereocenters. The summed E-state index contributed by atoms with van der Waals surface area (Å²) in [5.74, 6) is 0.121. The van der Waals surface area contributed by atoms with Gasteiger partial charge >= 0.3 is 0 Å². The molecule has 0 radical (unpaired) electrons. The quantitative estimate of drug-likeness (QED) is 0.395. The highest BCUT2D eigenvalue weighted by Crippen LogP contribution is 2.15. The van der Waals surface area contributed by atoms with Crippen LogP contribution in [0.2, 0.25) is 0 Å². The number of carbonyl (C=O) groups is 1. The summed E-state index contributed by atoms with van der Waals surface area (Å²) in [6.07, 6.45) is 6.13. The van der Waals surface area contributed by atoms with E-state index in [0.717, 1.165) is 23.2 Å². The lowest BCUT2D eigenvalue weighted by molar-refractivity contribution is -0.682. The lowest BCUT2D eigenvalue weighted by atomic mass is 10.1. The van der Waals surface area contributed by atoms with Crippen LogP contribution in [0.5, 0.6) is 0 Å². The van der Waals surface area contributed by atoms with Gasteiger partial charge in [-0.05, 0) is 18.6 Å². The zero-order valence-electron chi connectivity index (χ0n) is 14.8. The van der Waals surface area contributed by atoms with Gasteiger partial charge in [-0.3, -0.25) is 4.79 Å². The molecular weight excluding hydrogens is 320 g/mol. The van der Waals surface area contributed by atoms with Gasteiger partial charge in [0.15, 0.2) is 12.4 Å². The van der Waals surface area contributed by atoms with Crippen molar-refractivity contribution in [2.24, 2.45) is 0 Å². The van der Waals surface area contributed by atoms with E-state index in [1.807, 2.05) is 48.0 Å². The highest BCUT2D eigenvalue weighted by atomic mass is 16.1. The van der Waals surface area contributed by atoms with Crippen LogP contribution >= 0.6 is 0 Å². The molecule has 0 bridgehead atoms. The second-order valence-electron chi connectivity index (χ2n) is 6.68. The van der Waals surface area contributed by atoms with E-state index in [1.165, 1.54) is 10.9 Å². The molecular formula is C23H21N2O+. The molecule has 0 aliphatic rings. The van der Waals surface area contributed by atoms with Crippen LogP contribution in [0.3, 0.4) is 0 Å². The number of nitrogens with zero attached hydrogens (tertiary/aromatic N) is 2. The predicted octanol–water partition coefficient (Wildman–Crippen LogP) is 4.17. The number of hydrogen-bond donors (Lipinski definition) is 0. The standard InChI is InChI=1S/C23H21N2O/c1-18-7-9-21(10-8-18)23(26)17-24-13-11-20-12-14-25(22(20)16-24)15-19-5-3-2-4-6-19/h2-14,16H,15,17H2,1H3/q+1. The number of benzene rings is 2. The Bertz CT molecular complexity index is 1050. The summed E-state index contributed by atoms with van der Waals surface area (Å²) < 4.78 is 4.18. The fraction of sp³-hybridized carbons (Fsp3) is 0.130. The molecule has 2 aromatic carbocycles. The number of fused-ring (bicyclic) bond motifs is 1. The van der Waals surface area contributed by atoms with Crippen LogP contribution in [0.4, 0.5) is 0 Å². The molecule has 2 heterocycles. The molecule has 128 valence electrons. The molecule has 0 saturated carbocycles. The van der Waals surface area contributed by atoms with E-state index < -0.39 is 0 Å². The van der Waals surface area contributed by atoms with Crippen LogP contribution in [-0.4, -0.2) is 10.4 Å². The third-order valence-electron chi connectivity index (χ3n) is 4.67. The second-order valence-corrected chi connectivity index (χ2v) is 6.68. The second kappa shape index (κ2) is 6.96. The summed E-state index contributed by atoms with van der Waals surface area (Å²) in [5, 5.41) is 1.18. The van der Waals surface area contributed by atoms with Crippen LogP contribution in [0.15, 0.2) is 85.3 Å². The number of hydrogen-bond acceptors (Lipinski definition) is 1. The molecule has 0 fully saturated rings. The maximum Gasteiger partial charge on any atom is 0.227 e. The SMILES string of the molecule is Cc1ccc(C(=O)C[n+]2ccc3ccn(Cc4ccccc4)c3c2)cc1. The average Bonchev–Trinajstić information content (AvgIpc) is 3.05. The fourth-order valence-electron chi connectivity index (χ4n) is 3.18. The van der Waals surface area contributed by atoms with Crippen molar-refractivity contribution < 1.29 is 9.36 Å². The van der Waals surface area contributed by atoms with Crippen molar-refractivity contribution in [2.45, 2.75) is 20.0 Å². The molecule has 0 aliphatic heterocycles. The normalized spacial score (nSPS) is 11.0. The molecule has 0 spiro atoms. The first-order valence-corrected chi connectivity index (χ1v) is 8.81. The zero-order chi connectivity index (χ0) is 17.9. The summed E-state index contributed by atoms with van der Waals surface area (Å²) in [6.45, 7) is 3.19. The van der Waals surface area contributed by atoms with Crippen molar-refractivity contribution in [2.75, 3.05) is 0 Å². The summed E-state index contributed by atoms with van der Waals surface area (Å²) in [4.78, 5) is 12.5. The monoisotopic (exact) mass is 341 g/mol. The van der Waals surface area contributed by atoms with Gasteiger partial charge in [0.2, 0.25) is 12.3 Å². The van der Waals surface area contributed by atoms with Crippen molar-refractivity contribution in [3.8, 4) is 0 Å². The van der Waals surface area contributed by atoms with E-state index in [0.29, 0.717) is 6.54 Å². The Morgan fingerprint density at radius 2 is 1.73 bits per heavy atom. The van der Waals surface area contributed by atoms with Gasteiger partial charge in [0.1, 0.15) is 5.52 Å². The van der Waals surface area contributed by atoms with Gasteiger partial charge < -0.3 is 4.57 Å². The van der Waals surface area contributed by atoms with Crippen LogP contribution in [-0.2, 0) is 13.1 Å². The van der Waals surface area contributed by atoms with Crippen molar-refractivity contribution in [1.82, 2.24) is 4.57 Å². The van der Waals surface area contributed by atoms with Gasteiger partial charge in [-0.15, -0.1) is 0 Å².